The van der Waals surface area contributed by atoms with Crippen molar-refractivity contribution in [3.8, 4) is 0 Å². The molecule has 1 fully saturated rings. The molecule has 0 saturated carbocycles. The third-order valence-corrected chi connectivity index (χ3v) is 5.03. The van der Waals surface area contributed by atoms with E-state index in [1.54, 1.807) is 18.1 Å². The summed E-state index contributed by atoms with van der Waals surface area (Å²) >= 11 is 0. The third kappa shape index (κ3) is 3.07. The highest BCUT2D eigenvalue weighted by atomic mass is 16.2. The third-order valence-electron chi connectivity index (χ3n) is 5.03. The van der Waals surface area contributed by atoms with Gasteiger partial charge in [-0.15, -0.1) is 0 Å². The molecule has 0 bridgehead atoms. The Balaban J connectivity index is 1.64. The first-order chi connectivity index (χ1) is 13.1. The lowest BCUT2D eigenvalue weighted by molar-refractivity contribution is 0.169. The molecule has 0 atom stereocenters. The number of nitrogens with zero attached hydrogens (tertiary/aromatic N) is 6. The lowest BCUT2D eigenvalue weighted by atomic mass is 10.1. The monoisotopic (exact) mass is 366 g/mol. The Morgan fingerprint density at radius 1 is 1.22 bits per heavy atom. The van der Waals surface area contributed by atoms with E-state index in [1.807, 2.05) is 30.1 Å². The van der Waals surface area contributed by atoms with E-state index in [0.717, 1.165) is 24.0 Å². The second-order valence-electron chi connectivity index (χ2n) is 6.84. The maximum Gasteiger partial charge on any atom is 0.338 e. The van der Waals surface area contributed by atoms with Crippen molar-refractivity contribution in [2.24, 2.45) is 7.05 Å². The van der Waals surface area contributed by atoms with Gasteiger partial charge in [0.25, 0.3) is 0 Å². The molecule has 3 aromatic rings. The summed E-state index contributed by atoms with van der Waals surface area (Å²) in [5, 5.41) is 0. The highest BCUT2D eigenvalue weighted by Crippen LogP contribution is 2.16. The van der Waals surface area contributed by atoms with Gasteiger partial charge < -0.3 is 9.80 Å². The maximum absolute atomic E-state index is 12.7. The van der Waals surface area contributed by atoms with Gasteiger partial charge in [-0.3, -0.25) is 4.57 Å². The average molecular weight is 366 g/mol. The molecule has 1 saturated heterocycles. The molecular weight excluding hydrogens is 344 g/mol. The fourth-order valence-corrected chi connectivity index (χ4v) is 3.15. The number of aryl methyl sites for hydroxylation is 1. The second kappa shape index (κ2) is 6.86. The van der Waals surface area contributed by atoms with Crippen LogP contribution >= 0.6 is 0 Å². The first-order valence-electron chi connectivity index (χ1n) is 9.05. The van der Waals surface area contributed by atoms with Gasteiger partial charge in [0, 0.05) is 33.7 Å². The molecule has 2 aromatic heterocycles. The van der Waals surface area contributed by atoms with Crippen LogP contribution in [-0.4, -0.2) is 56.7 Å². The number of hydrogen-bond donors (Lipinski definition) is 0. The molecule has 0 aliphatic carbocycles. The summed E-state index contributed by atoms with van der Waals surface area (Å²) in [4.78, 5) is 37.7. The van der Waals surface area contributed by atoms with Gasteiger partial charge in [0.15, 0.2) is 5.65 Å². The minimum absolute atomic E-state index is 0.312. The zero-order valence-electron chi connectivity index (χ0n) is 15.5. The van der Waals surface area contributed by atoms with Crippen LogP contribution in [0.1, 0.15) is 12.0 Å². The van der Waals surface area contributed by atoms with Crippen molar-refractivity contribution in [3.63, 3.8) is 0 Å². The molecule has 27 heavy (non-hydrogen) atoms. The van der Waals surface area contributed by atoms with Gasteiger partial charge in [-0.1, -0.05) is 30.3 Å². The van der Waals surface area contributed by atoms with Gasteiger partial charge >= 0.3 is 11.7 Å². The number of benzene rings is 1. The fraction of sp³-hybridized carbons (Fsp3) is 0.368. The van der Waals surface area contributed by atoms with Crippen LogP contribution in [0.5, 0.6) is 0 Å². The van der Waals surface area contributed by atoms with Crippen molar-refractivity contribution in [2.45, 2.75) is 12.8 Å². The van der Waals surface area contributed by atoms with E-state index in [2.05, 4.69) is 22.1 Å². The summed E-state index contributed by atoms with van der Waals surface area (Å²) < 4.78 is 2.57. The number of rotatable bonds is 4. The fourth-order valence-electron chi connectivity index (χ4n) is 3.15. The van der Waals surface area contributed by atoms with Crippen molar-refractivity contribution in [2.75, 3.05) is 31.6 Å². The maximum atomic E-state index is 12.7. The first-order valence-corrected chi connectivity index (χ1v) is 9.05. The van der Waals surface area contributed by atoms with Gasteiger partial charge in [0.05, 0.1) is 6.20 Å². The standard InChI is InChI=1S/C19H22N6O2/c1-22(12-9-14-7-4-3-5-8-14)17-20-13-15-16(21-17)25(18(26)23(15)2)19(27)24-10-6-11-24/h3-5,7-8,13H,6,9-12H2,1-2H3. The largest absolute Gasteiger partial charge is 0.343 e. The zero-order valence-corrected chi connectivity index (χ0v) is 15.5. The van der Waals surface area contributed by atoms with E-state index in [-0.39, 0.29) is 11.7 Å². The van der Waals surface area contributed by atoms with E-state index in [4.69, 9.17) is 0 Å². The van der Waals surface area contributed by atoms with Crippen LogP contribution in [0.3, 0.4) is 0 Å². The Kier molecular flexibility index (Phi) is 4.39. The van der Waals surface area contributed by atoms with Crippen molar-refractivity contribution < 1.29 is 4.79 Å². The topological polar surface area (TPSA) is 76.3 Å². The average Bonchev–Trinajstić information content (AvgIpc) is 2.89. The van der Waals surface area contributed by atoms with Crippen LogP contribution in [-0.2, 0) is 13.5 Å². The Morgan fingerprint density at radius 2 is 1.96 bits per heavy atom. The number of hydrogen-bond acceptors (Lipinski definition) is 5. The molecule has 4 rings (SSSR count). The Morgan fingerprint density at radius 3 is 2.63 bits per heavy atom. The quantitative estimate of drug-likeness (QED) is 0.699. The predicted octanol–water partition coefficient (Wildman–Crippen LogP) is 1.48. The van der Waals surface area contributed by atoms with Gasteiger partial charge in [-0.05, 0) is 18.4 Å². The number of aromatic nitrogens is 4. The highest BCUT2D eigenvalue weighted by Gasteiger charge is 2.27. The normalized spacial score (nSPS) is 13.6. The van der Waals surface area contributed by atoms with Crippen LogP contribution in [0.25, 0.3) is 11.2 Å². The predicted molar refractivity (Wildman–Crippen MR) is 103 cm³/mol. The van der Waals surface area contributed by atoms with Crippen LogP contribution in [0, 0.1) is 0 Å². The van der Waals surface area contributed by atoms with Gasteiger partial charge in [0.1, 0.15) is 5.52 Å². The van der Waals surface area contributed by atoms with Crippen molar-refractivity contribution in [3.05, 3.63) is 52.6 Å². The number of likely N-dealkylation sites (N-methyl/N-ethyl adjacent to an activating group) is 1. The number of imidazole rings is 1. The number of likely N-dealkylation sites (tertiary alicyclic amines) is 1. The molecule has 0 spiro atoms. The number of anilines is 1. The summed E-state index contributed by atoms with van der Waals surface area (Å²) in [5.74, 6) is 0.495. The van der Waals surface area contributed by atoms with Crippen molar-refractivity contribution in [1.29, 1.82) is 0 Å². The van der Waals surface area contributed by atoms with Gasteiger partial charge in [-0.25, -0.2) is 14.6 Å². The minimum Gasteiger partial charge on any atom is -0.343 e. The smallest absolute Gasteiger partial charge is 0.338 e. The number of amides is 1. The van der Waals surface area contributed by atoms with E-state index in [0.29, 0.717) is 30.2 Å². The van der Waals surface area contributed by atoms with E-state index < -0.39 is 0 Å². The first kappa shape index (κ1) is 17.3. The summed E-state index contributed by atoms with van der Waals surface area (Å²) in [6.07, 6.45) is 3.43. The molecule has 3 heterocycles. The highest BCUT2D eigenvalue weighted by molar-refractivity contribution is 5.87. The zero-order chi connectivity index (χ0) is 19.0. The second-order valence-corrected chi connectivity index (χ2v) is 6.84. The Labute approximate surface area is 156 Å². The van der Waals surface area contributed by atoms with Crippen molar-refractivity contribution >= 4 is 23.1 Å². The van der Waals surface area contributed by atoms with E-state index in [9.17, 15) is 9.59 Å². The SMILES string of the molecule is CN(CCc1ccccc1)c1ncc2c(n1)n(C(=O)N1CCC1)c(=O)n2C. The Bertz CT molecular complexity index is 1040. The number of carbonyl (C=O) groups is 1. The molecule has 8 heteroatoms. The lowest BCUT2D eigenvalue weighted by Crippen LogP contribution is -2.47. The molecular formula is C19H22N6O2. The molecule has 0 unspecified atom stereocenters. The summed E-state index contributed by atoms with van der Waals surface area (Å²) in [6.45, 7) is 2.08. The molecule has 1 aliphatic rings. The van der Waals surface area contributed by atoms with Gasteiger partial charge in [-0.2, -0.15) is 9.55 Å². The summed E-state index contributed by atoms with van der Waals surface area (Å²) in [5.41, 5.74) is 1.75. The molecule has 1 aromatic carbocycles. The number of fused-ring (bicyclic) bond motifs is 1. The van der Waals surface area contributed by atoms with E-state index >= 15 is 0 Å². The molecule has 0 radical (unpaired) electrons. The minimum atomic E-state index is -0.389. The van der Waals surface area contributed by atoms with E-state index in [1.165, 1.54) is 10.1 Å². The van der Waals surface area contributed by atoms with Crippen LogP contribution in [0.15, 0.2) is 41.3 Å². The lowest BCUT2D eigenvalue weighted by Gasteiger charge is -2.30. The molecule has 140 valence electrons. The summed E-state index contributed by atoms with van der Waals surface area (Å²) in [7, 11) is 3.54. The van der Waals surface area contributed by atoms with Gasteiger partial charge in [0.2, 0.25) is 5.95 Å². The van der Waals surface area contributed by atoms with Crippen LogP contribution in [0.2, 0.25) is 0 Å². The summed E-state index contributed by atoms with van der Waals surface area (Å²) in [6, 6.07) is 9.88. The molecule has 8 nitrogen and oxygen atoms in total. The molecule has 1 amide bonds. The Hall–Kier alpha value is -3.16. The number of carbonyl (C=O) groups excluding carboxylic acids is 1. The molecule has 1 aliphatic heterocycles. The molecule has 0 N–H and O–H groups in total. The van der Waals surface area contributed by atoms with Crippen molar-refractivity contribution in [1.82, 2.24) is 24.0 Å². The van der Waals surface area contributed by atoms with Crippen LogP contribution < -0.4 is 10.6 Å². The van der Waals surface area contributed by atoms with Crippen LogP contribution in [0.4, 0.5) is 10.7 Å².